The van der Waals surface area contributed by atoms with E-state index >= 15 is 0 Å². The molecular formula is C26H28ClN3O5. The minimum Gasteiger partial charge on any atom is -0.488 e. The normalized spacial score (nSPS) is 15.0. The molecule has 1 aliphatic rings. The van der Waals surface area contributed by atoms with Gasteiger partial charge in [-0.2, -0.15) is 0 Å². The van der Waals surface area contributed by atoms with E-state index in [9.17, 15) is 9.59 Å². The summed E-state index contributed by atoms with van der Waals surface area (Å²) in [6.45, 7) is 5.95. The number of rotatable bonds is 7. The number of esters is 1. The average molecular weight is 498 g/mol. The van der Waals surface area contributed by atoms with E-state index in [0.29, 0.717) is 48.3 Å². The van der Waals surface area contributed by atoms with Crippen molar-refractivity contribution in [3.05, 3.63) is 81.7 Å². The number of benzene rings is 2. The molecule has 1 aliphatic heterocycles. The molecule has 2 heterocycles. The number of piperazine rings is 1. The van der Waals surface area contributed by atoms with Crippen LogP contribution in [0.25, 0.3) is 0 Å². The van der Waals surface area contributed by atoms with Gasteiger partial charge in [0.05, 0.1) is 23.9 Å². The van der Waals surface area contributed by atoms with Crippen molar-refractivity contribution < 1.29 is 23.6 Å². The molecule has 1 atom stereocenters. The Bertz CT molecular complexity index is 1170. The highest BCUT2D eigenvalue weighted by molar-refractivity contribution is 6.30. The van der Waals surface area contributed by atoms with E-state index in [4.69, 9.17) is 25.6 Å². The standard InChI is InChI=1S/C26H28ClN3O5/c1-17-22(18(2)35-28-17)16-34-23-7-5-4-6-21(23)25(31)30-14-12-29(13-15-30)24(26(32)33-3)19-8-10-20(27)11-9-19/h4-11,24H,12-16H2,1-3H3. The van der Waals surface area contributed by atoms with Gasteiger partial charge in [0, 0.05) is 31.2 Å². The van der Waals surface area contributed by atoms with Crippen molar-refractivity contribution in [2.45, 2.75) is 26.5 Å². The lowest BCUT2D eigenvalue weighted by molar-refractivity contribution is -0.148. The van der Waals surface area contributed by atoms with Crippen molar-refractivity contribution >= 4 is 23.5 Å². The molecule has 1 fully saturated rings. The van der Waals surface area contributed by atoms with E-state index in [1.807, 2.05) is 43.0 Å². The highest BCUT2D eigenvalue weighted by Gasteiger charge is 2.33. The topological polar surface area (TPSA) is 85.1 Å². The van der Waals surface area contributed by atoms with E-state index in [0.717, 1.165) is 16.8 Å². The Labute approximate surface area is 209 Å². The Morgan fingerprint density at radius 1 is 1.06 bits per heavy atom. The smallest absolute Gasteiger partial charge is 0.327 e. The lowest BCUT2D eigenvalue weighted by atomic mass is 10.0. The van der Waals surface area contributed by atoms with E-state index in [2.05, 4.69) is 5.16 Å². The molecule has 3 aromatic rings. The maximum atomic E-state index is 13.4. The maximum absolute atomic E-state index is 13.4. The van der Waals surface area contributed by atoms with Crippen LogP contribution in [0.5, 0.6) is 5.75 Å². The quantitative estimate of drug-likeness (QED) is 0.452. The second kappa shape index (κ2) is 10.9. The first-order chi connectivity index (χ1) is 16.9. The van der Waals surface area contributed by atoms with Gasteiger partial charge in [0.15, 0.2) is 0 Å². The van der Waals surface area contributed by atoms with Crippen LogP contribution in [0, 0.1) is 13.8 Å². The molecule has 8 nitrogen and oxygen atoms in total. The van der Waals surface area contributed by atoms with Gasteiger partial charge in [-0.3, -0.25) is 9.69 Å². The van der Waals surface area contributed by atoms with Crippen molar-refractivity contribution in [3.8, 4) is 5.75 Å². The largest absolute Gasteiger partial charge is 0.488 e. The molecule has 2 aromatic carbocycles. The molecule has 4 rings (SSSR count). The molecule has 0 bridgehead atoms. The first kappa shape index (κ1) is 24.8. The fourth-order valence-corrected chi connectivity index (χ4v) is 4.36. The number of hydrogen-bond donors (Lipinski definition) is 0. The van der Waals surface area contributed by atoms with E-state index in [1.54, 1.807) is 29.2 Å². The number of amides is 1. The third-order valence-corrected chi connectivity index (χ3v) is 6.50. The summed E-state index contributed by atoms with van der Waals surface area (Å²) in [4.78, 5) is 29.8. The molecule has 0 aliphatic carbocycles. The zero-order valence-electron chi connectivity index (χ0n) is 20.0. The molecule has 1 unspecified atom stereocenters. The van der Waals surface area contributed by atoms with Gasteiger partial charge in [-0.05, 0) is 43.7 Å². The summed E-state index contributed by atoms with van der Waals surface area (Å²) in [6.07, 6.45) is 0. The van der Waals surface area contributed by atoms with Gasteiger partial charge in [0.25, 0.3) is 5.91 Å². The number of carbonyl (C=O) groups is 2. The predicted molar refractivity (Wildman–Crippen MR) is 130 cm³/mol. The van der Waals surface area contributed by atoms with E-state index < -0.39 is 6.04 Å². The van der Waals surface area contributed by atoms with Gasteiger partial charge >= 0.3 is 5.97 Å². The summed E-state index contributed by atoms with van der Waals surface area (Å²) in [5.74, 6) is 0.752. The Morgan fingerprint density at radius 2 is 1.74 bits per heavy atom. The van der Waals surface area contributed by atoms with Crippen molar-refractivity contribution in [2.75, 3.05) is 33.3 Å². The fraction of sp³-hybridized carbons (Fsp3) is 0.346. The van der Waals surface area contributed by atoms with Gasteiger partial charge < -0.3 is 18.9 Å². The molecule has 1 saturated heterocycles. The Kier molecular flexibility index (Phi) is 7.73. The molecule has 35 heavy (non-hydrogen) atoms. The summed E-state index contributed by atoms with van der Waals surface area (Å²) in [5, 5.41) is 4.55. The zero-order valence-corrected chi connectivity index (χ0v) is 20.7. The van der Waals surface area contributed by atoms with E-state index in [-0.39, 0.29) is 18.5 Å². The Hall–Kier alpha value is -3.36. The number of carbonyl (C=O) groups excluding carboxylic acids is 2. The highest BCUT2D eigenvalue weighted by Crippen LogP contribution is 2.27. The molecule has 0 N–H and O–H groups in total. The van der Waals surface area contributed by atoms with Gasteiger partial charge in [-0.15, -0.1) is 0 Å². The molecule has 0 saturated carbocycles. The van der Waals surface area contributed by atoms with Crippen LogP contribution in [0.4, 0.5) is 0 Å². The summed E-state index contributed by atoms with van der Waals surface area (Å²) < 4.78 is 16.3. The first-order valence-electron chi connectivity index (χ1n) is 11.4. The molecular weight excluding hydrogens is 470 g/mol. The number of para-hydroxylation sites is 1. The van der Waals surface area contributed by atoms with Crippen LogP contribution in [0.1, 0.15) is 39.0 Å². The predicted octanol–water partition coefficient (Wildman–Crippen LogP) is 4.20. The van der Waals surface area contributed by atoms with Gasteiger partial charge in [0.1, 0.15) is 24.2 Å². The fourth-order valence-electron chi connectivity index (χ4n) is 4.23. The number of aromatic nitrogens is 1. The first-order valence-corrected chi connectivity index (χ1v) is 11.8. The number of halogens is 1. The maximum Gasteiger partial charge on any atom is 0.327 e. The van der Waals surface area contributed by atoms with Crippen LogP contribution in [0.15, 0.2) is 53.1 Å². The molecule has 0 spiro atoms. The number of methoxy groups -OCH3 is 1. The second-order valence-electron chi connectivity index (χ2n) is 8.39. The molecule has 9 heteroatoms. The van der Waals surface area contributed by atoms with Gasteiger partial charge in [0.2, 0.25) is 0 Å². The Balaban J connectivity index is 1.44. The van der Waals surface area contributed by atoms with Crippen molar-refractivity contribution in [2.24, 2.45) is 0 Å². The molecule has 1 amide bonds. The minimum atomic E-state index is -0.555. The average Bonchev–Trinajstić information content (AvgIpc) is 3.20. The zero-order chi connectivity index (χ0) is 24.9. The third kappa shape index (κ3) is 5.49. The minimum absolute atomic E-state index is 0.111. The van der Waals surface area contributed by atoms with Crippen LogP contribution in [-0.4, -0.2) is 60.1 Å². The summed E-state index contributed by atoms with van der Waals surface area (Å²) in [7, 11) is 1.38. The second-order valence-corrected chi connectivity index (χ2v) is 8.83. The number of ether oxygens (including phenoxy) is 2. The highest BCUT2D eigenvalue weighted by atomic mass is 35.5. The lowest BCUT2D eigenvalue weighted by Gasteiger charge is -2.38. The number of aryl methyl sites for hydroxylation is 2. The lowest BCUT2D eigenvalue weighted by Crippen LogP contribution is -2.51. The molecule has 0 radical (unpaired) electrons. The monoisotopic (exact) mass is 497 g/mol. The van der Waals surface area contributed by atoms with Crippen molar-refractivity contribution in [3.63, 3.8) is 0 Å². The summed E-state index contributed by atoms with van der Waals surface area (Å²) >= 11 is 6.02. The number of hydrogen-bond acceptors (Lipinski definition) is 7. The van der Waals surface area contributed by atoms with Crippen molar-refractivity contribution in [1.29, 1.82) is 0 Å². The number of nitrogens with zero attached hydrogens (tertiary/aromatic N) is 3. The third-order valence-electron chi connectivity index (χ3n) is 6.25. The van der Waals surface area contributed by atoms with Gasteiger partial charge in [-0.1, -0.05) is 41.0 Å². The SMILES string of the molecule is COC(=O)C(c1ccc(Cl)cc1)N1CCN(C(=O)c2ccccc2OCc2c(C)noc2C)CC1. The van der Waals surface area contributed by atoms with Crippen molar-refractivity contribution in [1.82, 2.24) is 15.0 Å². The van der Waals surface area contributed by atoms with E-state index in [1.165, 1.54) is 7.11 Å². The van der Waals surface area contributed by atoms with Crippen LogP contribution in [-0.2, 0) is 16.1 Å². The molecule has 184 valence electrons. The molecule has 1 aromatic heterocycles. The van der Waals surface area contributed by atoms with Gasteiger partial charge in [-0.25, -0.2) is 4.79 Å². The van der Waals surface area contributed by atoms with Crippen LogP contribution in [0.3, 0.4) is 0 Å². The van der Waals surface area contributed by atoms with Crippen LogP contribution < -0.4 is 4.74 Å². The van der Waals surface area contributed by atoms with Crippen LogP contribution in [0.2, 0.25) is 5.02 Å². The summed E-state index contributed by atoms with van der Waals surface area (Å²) in [5.41, 5.74) is 2.94. The van der Waals surface area contributed by atoms with Crippen LogP contribution >= 0.6 is 11.6 Å². The Morgan fingerprint density at radius 3 is 2.37 bits per heavy atom. The summed E-state index contributed by atoms with van der Waals surface area (Å²) in [6, 6.07) is 13.8.